The van der Waals surface area contributed by atoms with Crippen LogP contribution < -0.4 is 10.1 Å². The first kappa shape index (κ1) is 24.4. The molecule has 0 fully saturated rings. The van der Waals surface area contributed by atoms with E-state index >= 15 is 0 Å². The average molecular weight is 559 g/mol. The van der Waals surface area contributed by atoms with Gasteiger partial charge in [-0.15, -0.1) is 21.5 Å². The molecular weight excluding hydrogens is 534 g/mol. The van der Waals surface area contributed by atoms with Gasteiger partial charge in [-0.25, -0.2) is 4.98 Å². The number of amides is 1. The molecule has 0 aliphatic heterocycles. The second-order valence-electron chi connectivity index (χ2n) is 7.54. The number of hydrogen-bond donors (Lipinski definition) is 1. The number of thiazole rings is 1. The van der Waals surface area contributed by atoms with Crippen LogP contribution >= 0.6 is 39.0 Å². The van der Waals surface area contributed by atoms with Crippen molar-refractivity contribution in [2.24, 2.45) is 7.05 Å². The number of nitrogens with one attached hydrogen (secondary N) is 1. The molecule has 0 aliphatic carbocycles. The zero-order valence-electron chi connectivity index (χ0n) is 19.0. The summed E-state index contributed by atoms with van der Waals surface area (Å²) in [5.74, 6) is 1.53. The Hall–Kier alpha value is -2.69. The Kier molecular flexibility index (Phi) is 8.02. The molecule has 0 unspecified atom stereocenters. The minimum atomic E-state index is -0.277. The van der Waals surface area contributed by atoms with Gasteiger partial charge in [0, 0.05) is 22.5 Å². The fourth-order valence-corrected chi connectivity index (χ4v) is 4.95. The lowest BCUT2D eigenvalue weighted by Gasteiger charge is -2.14. The van der Waals surface area contributed by atoms with Gasteiger partial charge in [-0.05, 0) is 43.2 Å². The number of nitrogens with zero attached hydrogens (tertiary/aromatic N) is 4. The first-order valence-electron chi connectivity index (χ1n) is 10.7. The maximum absolute atomic E-state index is 12.5. The number of aromatic nitrogens is 4. The Balaban J connectivity index is 1.31. The number of carbonyl (C=O) groups excluding carboxylic acids is 1. The van der Waals surface area contributed by atoms with E-state index in [2.05, 4.69) is 55.5 Å². The van der Waals surface area contributed by atoms with Crippen LogP contribution in [0.5, 0.6) is 5.75 Å². The second kappa shape index (κ2) is 11.2. The van der Waals surface area contributed by atoms with Crippen LogP contribution in [0.15, 0.2) is 63.5 Å². The van der Waals surface area contributed by atoms with Gasteiger partial charge in [0.15, 0.2) is 22.2 Å². The van der Waals surface area contributed by atoms with E-state index in [4.69, 9.17) is 4.74 Å². The molecule has 34 heavy (non-hydrogen) atoms. The van der Waals surface area contributed by atoms with E-state index in [9.17, 15) is 4.79 Å². The van der Waals surface area contributed by atoms with Crippen molar-refractivity contribution in [3.63, 3.8) is 0 Å². The lowest BCUT2D eigenvalue weighted by atomic mass is 10.2. The third-order valence-corrected chi connectivity index (χ3v) is 7.41. The zero-order valence-corrected chi connectivity index (χ0v) is 22.2. The first-order valence-corrected chi connectivity index (χ1v) is 13.4. The number of anilines is 1. The molecule has 2 aromatic carbocycles. The second-order valence-corrected chi connectivity index (χ2v) is 10.3. The normalized spacial score (nSPS) is 11.9. The molecule has 0 saturated heterocycles. The van der Waals surface area contributed by atoms with E-state index in [1.807, 2.05) is 60.3 Å². The Bertz CT molecular complexity index is 1260. The first-order chi connectivity index (χ1) is 16.4. The highest BCUT2D eigenvalue weighted by Crippen LogP contribution is 2.27. The summed E-state index contributed by atoms with van der Waals surface area (Å²) in [4.78, 5) is 17.0. The lowest BCUT2D eigenvalue weighted by Crippen LogP contribution is -2.14. The van der Waals surface area contributed by atoms with E-state index in [0.717, 1.165) is 27.9 Å². The molecule has 0 bridgehead atoms. The van der Waals surface area contributed by atoms with Gasteiger partial charge >= 0.3 is 0 Å². The van der Waals surface area contributed by atoms with E-state index in [-0.39, 0.29) is 17.8 Å². The molecule has 7 nitrogen and oxygen atoms in total. The molecule has 0 spiro atoms. The SMILES string of the molecule is CCc1ccc(O[C@@H](C)c2nnc(SCC(=O)Nc3nc(-c4ccc(Br)cc4)cs3)n2C)cc1. The fourth-order valence-electron chi connectivity index (χ4n) is 3.24. The predicted molar refractivity (Wildman–Crippen MR) is 140 cm³/mol. The maximum Gasteiger partial charge on any atom is 0.236 e. The number of halogens is 1. The van der Waals surface area contributed by atoms with Crippen molar-refractivity contribution in [2.45, 2.75) is 31.5 Å². The van der Waals surface area contributed by atoms with Crippen LogP contribution in [-0.4, -0.2) is 31.4 Å². The predicted octanol–water partition coefficient (Wildman–Crippen LogP) is 6.13. The Morgan fingerprint density at radius 3 is 2.62 bits per heavy atom. The molecule has 0 saturated carbocycles. The number of aryl methyl sites for hydroxylation is 1. The van der Waals surface area contributed by atoms with Crippen molar-refractivity contribution in [3.8, 4) is 17.0 Å². The minimum absolute atomic E-state index is 0.147. The Morgan fingerprint density at radius 1 is 1.18 bits per heavy atom. The van der Waals surface area contributed by atoms with E-state index in [0.29, 0.717) is 16.1 Å². The van der Waals surface area contributed by atoms with E-state index in [1.165, 1.54) is 28.7 Å². The molecule has 2 aromatic heterocycles. The highest BCUT2D eigenvalue weighted by Gasteiger charge is 2.18. The van der Waals surface area contributed by atoms with Gasteiger partial charge < -0.3 is 14.6 Å². The minimum Gasteiger partial charge on any atom is -0.483 e. The van der Waals surface area contributed by atoms with Crippen molar-refractivity contribution in [2.75, 3.05) is 11.1 Å². The van der Waals surface area contributed by atoms with Crippen LogP contribution in [0.1, 0.15) is 31.3 Å². The molecule has 0 aliphatic rings. The number of ether oxygens (including phenoxy) is 1. The third-order valence-electron chi connectivity index (χ3n) is 5.10. The van der Waals surface area contributed by atoms with Crippen LogP contribution in [0.4, 0.5) is 5.13 Å². The van der Waals surface area contributed by atoms with Gasteiger partial charge in [0.1, 0.15) is 5.75 Å². The molecule has 1 N–H and O–H groups in total. The zero-order chi connectivity index (χ0) is 24.1. The number of benzene rings is 2. The molecule has 4 aromatic rings. The summed E-state index contributed by atoms with van der Waals surface area (Å²) < 4.78 is 8.89. The van der Waals surface area contributed by atoms with Gasteiger partial charge in [-0.1, -0.05) is 58.9 Å². The quantitative estimate of drug-likeness (QED) is 0.249. The van der Waals surface area contributed by atoms with Crippen molar-refractivity contribution < 1.29 is 9.53 Å². The Morgan fingerprint density at radius 2 is 1.91 bits per heavy atom. The highest BCUT2D eigenvalue weighted by molar-refractivity contribution is 9.10. The maximum atomic E-state index is 12.5. The molecule has 1 amide bonds. The monoisotopic (exact) mass is 557 g/mol. The lowest BCUT2D eigenvalue weighted by molar-refractivity contribution is -0.113. The topological polar surface area (TPSA) is 81.9 Å². The van der Waals surface area contributed by atoms with Crippen LogP contribution in [-0.2, 0) is 18.3 Å². The van der Waals surface area contributed by atoms with Crippen LogP contribution in [0.25, 0.3) is 11.3 Å². The molecule has 10 heteroatoms. The number of carbonyl (C=O) groups is 1. The molecule has 0 radical (unpaired) electrons. The molecule has 2 heterocycles. The van der Waals surface area contributed by atoms with E-state index in [1.54, 1.807) is 0 Å². The summed E-state index contributed by atoms with van der Waals surface area (Å²) >= 11 is 6.15. The van der Waals surface area contributed by atoms with Crippen LogP contribution in [0.2, 0.25) is 0 Å². The van der Waals surface area contributed by atoms with Crippen molar-refractivity contribution >= 4 is 50.1 Å². The van der Waals surface area contributed by atoms with Gasteiger partial charge in [0.25, 0.3) is 0 Å². The third kappa shape index (κ3) is 6.05. The summed E-state index contributed by atoms with van der Waals surface area (Å²) in [5.41, 5.74) is 3.09. The Labute approximate surface area is 215 Å². The average Bonchev–Trinajstić information content (AvgIpc) is 3.45. The number of hydrogen-bond acceptors (Lipinski definition) is 7. The molecule has 176 valence electrons. The van der Waals surface area contributed by atoms with Gasteiger partial charge in [0.05, 0.1) is 11.4 Å². The molecule has 1 atom stereocenters. The molecule has 4 rings (SSSR count). The summed E-state index contributed by atoms with van der Waals surface area (Å²) in [5, 5.41) is 14.5. The summed E-state index contributed by atoms with van der Waals surface area (Å²) in [6, 6.07) is 15.9. The van der Waals surface area contributed by atoms with Crippen LogP contribution in [0, 0.1) is 0 Å². The smallest absolute Gasteiger partial charge is 0.236 e. The van der Waals surface area contributed by atoms with Gasteiger partial charge in [0.2, 0.25) is 5.91 Å². The fraction of sp³-hybridized carbons (Fsp3) is 0.250. The van der Waals surface area contributed by atoms with Gasteiger partial charge in [-0.2, -0.15) is 0 Å². The molecular formula is C24H24BrN5O2S2. The van der Waals surface area contributed by atoms with Crippen molar-refractivity contribution in [3.05, 3.63) is 69.8 Å². The summed E-state index contributed by atoms with van der Waals surface area (Å²) in [7, 11) is 1.88. The summed E-state index contributed by atoms with van der Waals surface area (Å²) in [6.07, 6.45) is 0.711. The van der Waals surface area contributed by atoms with E-state index < -0.39 is 0 Å². The summed E-state index contributed by atoms with van der Waals surface area (Å²) in [6.45, 7) is 4.06. The van der Waals surface area contributed by atoms with Crippen molar-refractivity contribution in [1.82, 2.24) is 19.7 Å². The van der Waals surface area contributed by atoms with Gasteiger partial charge in [-0.3, -0.25) is 4.79 Å². The highest BCUT2D eigenvalue weighted by atomic mass is 79.9. The van der Waals surface area contributed by atoms with Crippen molar-refractivity contribution in [1.29, 1.82) is 0 Å². The largest absolute Gasteiger partial charge is 0.483 e. The number of rotatable bonds is 9. The standard InChI is InChI=1S/C24H24BrN5O2S2/c1-4-16-5-11-19(12-6-16)32-15(2)22-28-29-24(30(22)3)34-14-21(31)27-23-26-20(13-33-23)17-7-9-18(25)10-8-17/h5-13,15H,4,14H2,1-3H3,(H,26,27,31)/t15-/m0/s1. The van der Waals surface area contributed by atoms with Crippen LogP contribution in [0.3, 0.4) is 0 Å². The number of thioether (sulfide) groups is 1.